The summed E-state index contributed by atoms with van der Waals surface area (Å²) in [6, 6.07) is 5.34. The van der Waals surface area contributed by atoms with Crippen molar-refractivity contribution in [1.29, 1.82) is 0 Å². The van der Waals surface area contributed by atoms with Gasteiger partial charge in [-0.2, -0.15) is 0 Å². The first-order chi connectivity index (χ1) is 12.4. The van der Waals surface area contributed by atoms with E-state index >= 15 is 0 Å². The quantitative estimate of drug-likeness (QED) is 0.333. The van der Waals surface area contributed by atoms with Gasteiger partial charge in [0.1, 0.15) is 10.8 Å². The number of ketones is 1. The number of esters is 1. The van der Waals surface area contributed by atoms with Crippen LogP contribution in [-0.4, -0.2) is 29.7 Å². The highest BCUT2D eigenvalue weighted by molar-refractivity contribution is 7.18. The van der Waals surface area contributed by atoms with Gasteiger partial charge in [-0.3, -0.25) is 4.79 Å². The molecule has 0 saturated heterocycles. The van der Waals surface area contributed by atoms with Crippen molar-refractivity contribution < 1.29 is 19.4 Å². The fourth-order valence-electron chi connectivity index (χ4n) is 2.53. The Balaban J connectivity index is 2.49. The van der Waals surface area contributed by atoms with E-state index in [1.165, 1.54) is 13.1 Å². The van der Waals surface area contributed by atoms with E-state index in [1.807, 2.05) is 12.1 Å². The summed E-state index contributed by atoms with van der Waals surface area (Å²) in [5.41, 5.74) is 2.12. The molecule has 1 aromatic heterocycles. The number of nitrogens with zero attached hydrogens (tertiary/aromatic N) is 1. The number of hydrogen-bond donors (Lipinski definition) is 1. The molecule has 6 heteroatoms. The van der Waals surface area contributed by atoms with Crippen LogP contribution in [0.5, 0.6) is 5.75 Å². The molecule has 0 unspecified atom stereocenters. The van der Waals surface area contributed by atoms with Gasteiger partial charge in [-0.25, -0.2) is 9.79 Å². The van der Waals surface area contributed by atoms with Gasteiger partial charge < -0.3 is 9.84 Å². The van der Waals surface area contributed by atoms with E-state index in [-0.39, 0.29) is 18.1 Å². The smallest absolute Gasteiger partial charge is 0.341 e. The molecular weight excluding hydrogens is 350 g/mol. The topological polar surface area (TPSA) is 76.0 Å². The van der Waals surface area contributed by atoms with Crippen molar-refractivity contribution in [3.63, 3.8) is 0 Å². The maximum Gasteiger partial charge on any atom is 0.341 e. The number of phenolic OH excluding ortho intramolecular Hbond substituents is 1. The third kappa shape index (κ3) is 4.08. The molecule has 0 radical (unpaired) electrons. The predicted octanol–water partition coefficient (Wildman–Crippen LogP) is 4.62. The van der Waals surface area contributed by atoms with Crippen molar-refractivity contribution in [3.8, 4) is 5.75 Å². The number of ether oxygens (including phenoxy) is 1. The minimum atomic E-state index is -0.509. The fourth-order valence-corrected chi connectivity index (χ4v) is 3.57. The van der Waals surface area contributed by atoms with Crippen molar-refractivity contribution in [1.82, 2.24) is 0 Å². The van der Waals surface area contributed by atoms with Gasteiger partial charge in [0.05, 0.1) is 17.0 Å². The van der Waals surface area contributed by atoms with Crippen LogP contribution in [0.3, 0.4) is 0 Å². The second-order valence-electron chi connectivity index (χ2n) is 5.62. The molecule has 26 heavy (non-hydrogen) atoms. The highest BCUT2D eigenvalue weighted by Crippen LogP contribution is 2.36. The molecule has 0 aliphatic rings. The Morgan fingerprint density at radius 1 is 1.38 bits per heavy atom. The lowest BCUT2D eigenvalue weighted by molar-refractivity contribution is 0.0527. The SMILES string of the molecule is C=CCc1cccc(C=Nc2sc(C(C)=O)c(C)c2C(=O)OCC)c1O. The number of allylic oxidation sites excluding steroid dienone is 1. The van der Waals surface area contributed by atoms with E-state index in [4.69, 9.17) is 4.74 Å². The second-order valence-corrected chi connectivity index (χ2v) is 6.62. The first-order valence-electron chi connectivity index (χ1n) is 8.17. The first kappa shape index (κ1) is 19.6. The Bertz CT molecular complexity index is 880. The van der Waals surface area contributed by atoms with Gasteiger partial charge in [0.15, 0.2) is 5.78 Å². The highest BCUT2D eigenvalue weighted by Gasteiger charge is 2.23. The van der Waals surface area contributed by atoms with Gasteiger partial charge in [0, 0.05) is 11.8 Å². The average Bonchev–Trinajstić information content (AvgIpc) is 2.93. The number of rotatable bonds is 7. The van der Waals surface area contributed by atoms with Crippen LogP contribution in [-0.2, 0) is 11.2 Å². The van der Waals surface area contributed by atoms with Crippen LogP contribution in [0.4, 0.5) is 5.00 Å². The second kappa shape index (κ2) is 8.58. The van der Waals surface area contributed by atoms with Gasteiger partial charge in [0.25, 0.3) is 0 Å². The van der Waals surface area contributed by atoms with Gasteiger partial charge in [-0.1, -0.05) is 18.2 Å². The van der Waals surface area contributed by atoms with Crippen LogP contribution in [0.25, 0.3) is 0 Å². The summed E-state index contributed by atoms with van der Waals surface area (Å²) in [5.74, 6) is -0.519. The van der Waals surface area contributed by atoms with Crippen molar-refractivity contribution >= 4 is 34.3 Å². The minimum absolute atomic E-state index is 0.119. The number of benzene rings is 1. The van der Waals surface area contributed by atoms with E-state index in [0.717, 1.165) is 16.9 Å². The molecule has 5 nitrogen and oxygen atoms in total. The predicted molar refractivity (Wildman–Crippen MR) is 104 cm³/mol. The highest BCUT2D eigenvalue weighted by atomic mass is 32.1. The Morgan fingerprint density at radius 3 is 2.73 bits per heavy atom. The Labute approximate surface area is 156 Å². The van der Waals surface area contributed by atoms with Gasteiger partial charge >= 0.3 is 5.97 Å². The number of carbonyl (C=O) groups excluding carboxylic acids is 2. The Kier molecular flexibility index (Phi) is 6.46. The maximum atomic E-state index is 12.3. The van der Waals surface area contributed by atoms with E-state index in [2.05, 4.69) is 11.6 Å². The number of para-hydroxylation sites is 1. The normalized spacial score (nSPS) is 10.9. The summed E-state index contributed by atoms with van der Waals surface area (Å²) >= 11 is 1.14. The Morgan fingerprint density at radius 2 is 2.12 bits per heavy atom. The minimum Gasteiger partial charge on any atom is -0.507 e. The zero-order valence-corrected chi connectivity index (χ0v) is 15.9. The summed E-state index contributed by atoms with van der Waals surface area (Å²) in [7, 11) is 0. The molecule has 0 aliphatic carbocycles. The molecule has 1 aromatic carbocycles. The molecule has 136 valence electrons. The molecule has 1 N–H and O–H groups in total. The first-order valence-corrected chi connectivity index (χ1v) is 8.99. The molecule has 0 saturated carbocycles. The number of hydrogen-bond acceptors (Lipinski definition) is 6. The molecule has 0 amide bonds. The zero-order chi connectivity index (χ0) is 19.3. The lowest BCUT2D eigenvalue weighted by Crippen LogP contribution is -2.06. The lowest BCUT2D eigenvalue weighted by atomic mass is 10.1. The number of Topliss-reactive ketones (excluding diaryl/α,β-unsaturated/α-hetero) is 1. The summed E-state index contributed by atoms with van der Waals surface area (Å²) < 4.78 is 5.09. The largest absolute Gasteiger partial charge is 0.507 e. The third-order valence-electron chi connectivity index (χ3n) is 3.76. The number of aliphatic imine (C=N–C) groups is 1. The van der Waals surface area contributed by atoms with Crippen LogP contribution in [0.15, 0.2) is 35.8 Å². The number of aromatic hydroxyl groups is 1. The third-order valence-corrected chi connectivity index (χ3v) is 5.06. The molecular formula is C20H21NO4S. The van der Waals surface area contributed by atoms with E-state index < -0.39 is 5.97 Å². The Hall–Kier alpha value is -2.73. The number of carbonyl (C=O) groups is 2. The average molecular weight is 371 g/mol. The van der Waals surface area contributed by atoms with Crippen LogP contribution in [0.1, 0.15) is 50.6 Å². The molecule has 0 fully saturated rings. The van der Waals surface area contributed by atoms with Crippen LogP contribution in [0, 0.1) is 6.92 Å². The molecule has 0 bridgehead atoms. The monoisotopic (exact) mass is 371 g/mol. The molecule has 0 spiro atoms. The fraction of sp³-hybridized carbons (Fsp3) is 0.250. The van der Waals surface area contributed by atoms with Crippen molar-refractivity contribution in [2.75, 3.05) is 6.61 Å². The van der Waals surface area contributed by atoms with E-state index in [9.17, 15) is 14.7 Å². The van der Waals surface area contributed by atoms with Crippen molar-refractivity contribution in [2.24, 2.45) is 4.99 Å². The number of thiophene rings is 1. The summed E-state index contributed by atoms with van der Waals surface area (Å²) in [6.45, 7) is 8.78. The van der Waals surface area contributed by atoms with Crippen LogP contribution < -0.4 is 0 Å². The molecule has 0 aliphatic heterocycles. The van der Waals surface area contributed by atoms with E-state index in [0.29, 0.717) is 33.0 Å². The molecule has 1 heterocycles. The van der Waals surface area contributed by atoms with E-state index in [1.54, 1.807) is 26.0 Å². The zero-order valence-electron chi connectivity index (χ0n) is 15.0. The van der Waals surface area contributed by atoms with Crippen molar-refractivity contribution in [2.45, 2.75) is 27.2 Å². The van der Waals surface area contributed by atoms with Crippen LogP contribution in [0.2, 0.25) is 0 Å². The maximum absolute atomic E-state index is 12.3. The molecule has 2 rings (SSSR count). The summed E-state index contributed by atoms with van der Waals surface area (Å²) in [5, 5.41) is 10.7. The van der Waals surface area contributed by atoms with Gasteiger partial charge in [-0.15, -0.1) is 17.9 Å². The molecule has 2 aromatic rings. The molecule has 0 atom stereocenters. The van der Waals surface area contributed by atoms with Gasteiger partial charge in [-0.05, 0) is 44.4 Å². The standard InChI is InChI=1S/C20H21NO4S/c1-5-8-14-9-7-10-15(17(14)23)11-21-19-16(20(24)25-6-2)12(3)18(26-19)13(4)22/h5,7,9-11,23H,1,6,8H2,2-4H3. The summed E-state index contributed by atoms with van der Waals surface area (Å²) in [4.78, 5) is 28.9. The van der Waals surface area contributed by atoms with Gasteiger partial charge in [0.2, 0.25) is 0 Å². The van der Waals surface area contributed by atoms with Crippen LogP contribution >= 0.6 is 11.3 Å². The van der Waals surface area contributed by atoms with Crippen molar-refractivity contribution in [3.05, 3.63) is 58.0 Å². The summed E-state index contributed by atoms with van der Waals surface area (Å²) in [6.07, 6.45) is 3.73. The number of phenols is 1. The lowest BCUT2D eigenvalue weighted by Gasteiger charge is -2.05.